The molecule has 0 aliphatic carbocycles. The SMILES string of the molecule is O=C(O)CCCCCCCCCCBr.O=C(O)CCCCCCCCCCCBr. The van der Waals surface area contributed by atoms with Crippen molar-refractivity contribution in [1.29, 1.82) is 0 Å². The van der Waals surface area contributed by atoms with Gasteiger partial charge in [-0.05, 0) is 25.7 Å². The van der Waals surface area contributed by atoms with Gasteiger partial charge in [-0.15, -0.1) is 0 Å². The van der Waals surface area contributed by atoms with Gasteiger partial charge in [-0.3, -0.25) is 9.59 Å². The first-order chi connectivity index (χ1) is 14.0. The number of alkyl halides is 2. The minimum atomic E-state index is -0.665. The van der Waals surface area contributed by atoms with Crippen LogP contribution in [0.4, 0.5) is 0 Å². The number of unbranched alkanes of at least 4 members (excludes halogenated alkanes) is 15. The molecule has 0 amide bonds. The number of hydrogen-bond donors (Lipinski definition) is 2. The molecule has 174 valence electrons. The molecule has 0 aromatic rings. The number of carboxylic acids is 2. The second-order valence-electron chi connectivity index (χ2n) is 7.68. The molecule has 0 heterocycles. The van der Waals surface area contributed by atoms with E-state index < -0.39 is 11.9 Å². The first-order valence-electron chi connectivity index (χ1n) is 11.6. The average molecular weight is 544 g/mol. The lowest BCUT2D eigenvalue weighted by Gasteiger charge is -2.00. The Bertz CT molecular complexity index is 352. The summed E-state index contributed by atoms with van der Waals surface area (Å²) in [5.41, 5.74) is 0. The summed E-state index contributed by atoms with van der Waals surface area (Å²) in [4.78, 5) is 20.4. The van der Waals surface area contributed by atoms with Gasteiger partial charge in [0, 0.05) is 23.5 Å². The monoisotopic (exact) mass is 542 g/mol. The third-order valence-corrected chi connectivity index (χ3v) is 5.92. The normalized spacial score (nSPS) is 10.4. The lowest BCUT2D eigenvalue weighted by Crippen LogP contribution is -1.93. The second-order valence-corrected chi connectivity index (χ2v) is 9.26. The van der Waals surface area contributed by atoms with Crippen molar-refractivity contribution in [3.05, 3.63) is 0 Å². The van der Waals surface area contributed by atoms with Gasteiger partial charge in [-0.1, -0.05) is 115 Å². The van der Waals surface area contributed by atoms with Crippen LogP contribution in [0.3, 0.4) is 0 Å². The summed E-state index contributed by atoms with van der Waals surface area (Å²) in [6, 6.07) is 0. The maximum absolute atomic E-state index is 10.2. The topological polar surface area (TPSA) is 74.6 Å². The molecule has 2 N–H and O–H groups in total. The van der Waals surface area contributed by atoms with Gasteiger partial charge in [0.1, 0.15) is 0 Å². The Kier molecular flexibility index (Phi) is 29.9. The lowest BCUT2D eigenvalue weighted by atomic mass is 10.1. The van der Waals surface area contributed by atoms with E-state index in [1.165, 1.54) is 83.5 Å². The van der Waals surface area contributed by atoms with E-state index in [0.29, 0.717) is 12.8 Å². The fraction of sp³-hybridized carbons (Fsp3) is 0.913. The summed E-state index contributed by atoms with van der Waals surface area (Å²) in [6.07, 6.45) is 21.3. The summed E-state index contributed by atoms with van der Waals surface area (Å²) >= 11 is 6.84. The number of aliphatic carboxylic acids is 2. The van der Waals surface area contributed by atoms with Gasteiger partial charge in [-0.25, -0.2) is 0 Å². The van der Waals surface area contributed by atoms with Crippen LogP contribution in [0, 0.1) is 0 Å². The highest BCUT2D eigenvalue weighted by Crippen LogP contribution is 2.11. The summed E-state index contributed by atoms with van der Waals surface area (Å²) < 4.78 is 0. The van der Waals surface area contributed by atoms with Gasteiger partial charge in [0.15, 0.2) is 0 Å². The third-order valence-electron chi connectivity index (χ3n) is 4.80. The van der Waals surface area contributed by atoms with Gasteiger partial charge in [0.25, 0.3) is 0 Å². The van der Waals surface area contributed by atoms with E-state index in [1.807, 2.05) is 0 Å². The fourth-order valence-electron chi connectivity index (χ4n) is 3.04. The third kappa shape index (κ3) is 35.7. The highest BCUT2D eigenvalue weighted by molar-refractivity contribution is 9.09. The molecule has 4 nitrogen and oxygen atoms in total. The van der Waals surface area contributed by atoms with E-state index in [9.17, 15) is 9.59 Å². The predicted octanol–water partition coefficient (Wildman–Crippen LogP) is 8.34. The molecule has 0 spiro atoms. The Labute approximate surface area is 195 Å². The number of carboxylic acid groups (broad SMARTS) is 2. The minimum Gasteiger partial charge on any atom is -0.481 e. The Hall–Kier alpha value is -0.100. The fourth-order valence-corrected chi connectivity index (χ4v) is 3.83. The molecule has 0 saturated carbocycles. The maximum Gasteiger partial charge on any atom is 0.303 e. The van der Waals surface area contributed by atoms with Crippen LogP contribution in [0.1, 0.15) is 122 Å². The summed E-state index contributed by atoms with van der Waals surface area (Å²) in [6.45, 7) is 0. The molecule has 0 unspecified atom stereocenters. The van der Waals surface area contributed by atoms with Gasteiger partial charge < -0.3 is 10.2 Å². The number of carbonyl (C=O) groups is 2. The Morgan fingerprint density at radius 3 is 0.828 bits per heavy atom. The molecular weight excluding hydrogens is 500 g/mol. The predicted molar refractivity (Wildman–Crippen MR) is 131 cm³/mol. The number of halogens is 2. The van der Waals surface area contributed by atoms with E-state index >= 15 is 0 Å². The van der Waals surface area contributed by atoms with E-state index in [-0.39, 0.29) is 0 Å². The molecule has 0 fully saturated rings. The largest absolute Gasteiger partial charge is 0.481 e. The van der Waals surface area contributed by atoms with Crippen molar-refractivity contribution in [2.45, 2.75) is 122 Å². The van der Waals surface area contributed by atoms with E-state index in [0.717, 1.165) is 36.3 Å². The standard InChI is InChI=1S/C12H23BrO2.C11H21BrO2/c13-11-9-7-5-3-1-2-4-6-8-10-12(14)15;12-10-8-6-4-2-1-3-5-7-9-11(13)14/h1-11H2,(H,14,15);1-10H2,(H,13,14). The van der Waals surface area contributed by atoms with E-state index in [2.05, 4.69) is 31.9 Å². The Morgan fingerprint density at radius 1 is 0.414 bits per heavy atom. The van der Waals surface area contributed by atoms with Crippen molar-refractivity contribution in [2.24, 2.45) is 0 Å². The molecule has 29 heavy (non-hydrogen) atoms. The van der Waals surface area contributed by atoms with Crippen LogP contribution >= 0.6 is 31.9 Å². The van der Waals surface area contributed by atoms with Crippen LogP contribution in [-0.4, -0.2) is 32.8 Å². The van der Waals surface area contributed by atoms with Gasteiger partial charge in [-0.2, -0.15) is 0 Å². The molecular formula is C23H44Br2O4. The van der Waals surface area contributed by atoms with Gasteiger partial charge in [0.2, 0.25) is 0 Å². The smallest absolute Gasteiger partial charge is 0.303 e. The van der Waals surface area contributed by atoms with Crippen LogP contribution in [0.5, 0.6) is 0 Å². The highest BCUT2D eigenvalue weighted by Gasteiger charge is 1.97. The number of hydrogen-bond acceptors (Lipinski definition) is 2. The lowest BCUT2D eigenvalue weighted by molar-refractivity contribution is -0.138. The van der Waals surface area contributed by atoms with Crippen LogP contribution in [-0.2, 0) is 9.59 Å². The van der Waals surface area contributed by atoms with Gasteiger partial charge >= 0.3 is 11.9 Å². The van der Waals surface area contributed by atoms with E-state index in [1.54, 1.807) is 0 Å². The second kappa shape index (κ2) is 27.9. The van der Waals surface area contributed by atoms with Crippen LogP contribution < -0.4 is 0 Å². The molecule has 0 aromatic heterocycles. The quantitative estimate of drug-likeness (QED) is 0.113. The molecule has 0 aliphatic rings. The number of rotatable bonds is 21. The molecule has 0 bridgehead atoms. The minimum absolute atomic E-state index is 0.337. The molecule has 0 rings (SSSR count). The molecule has 0 aromatic carbocycles. The van der Waals surface area contributed by atoms with Crippen molar-refractivity contribution in [3.63, 3.8) is 0 Å². The highest BCUT2D eigenvalue weighted by atomic mass is 79.9. The maximum atomic E-state index is 10.2. The summed E-state index contributed by atoms with van der Waals surface area (Å²) in [5, 5.41) is 19.1. The summed E-state index contributed by atoms with van der Waals surface area (Å²) in [7, 11) is 0. The Balaban J connectivity index is 0. The summed E-state index contributed by atoms with van der Waals surface area (Å²) in [5.74, 6) is -1.33. The van der Waals surface area contributed by atoms with Crippen LogP contribution in [0.15, 0.2) is 0 Å². The Morgan fingerprint density at radius 2 is 0.621 bits per heavy atom. The first kappa shape index (κ1) is 31.1. The van der Waals surface area contributed by atoms with Crippen LogP contribution in [0.25, 0.3) is 0 Å². The van der Waals surface area contributed by atoms with Crippen molar-refractivity contribution >= 4 is 43.8 Å². The zero-order valence-electron chi connectivity index (χ0n) is 18.3. The molecule has 0 aliphatic heterocycles. The van der Waals surface area contributed by atoms with Crippen molar-refractivity contribution in [3.8, 4) is 0 Å². The van der Waals surface area contributed by atoms with Crippen molar-refractivity contribution < 1.29 is 19.8 Å². The molecule has 0 saturated heterocycles. The van der Waals surface area contributed by atoms with Gasteiger partial charge in [0.05, 0.1) is 0 Å². The molecule has 6 heteroatoms. The van der Waals surface area contributed by atoms with Crippen molar-refractivity contribution in [1.82, 2.24) is 0 Å². The molecule has 0 atom stereocenters. The van der Waals surface area contributed by atoms with E-state index in [4.69, 9.17) is 10.2 Å². The zero-order valence-corrected chi connectivity index (χ0v) is 21.5. The first-order valence-corrected chi connectivity index (χ1v) is 13.8. The zero-order chi connectivity index (χ0) is 22.0. The molecule has 0 radical (unpaired) electrons. The van der Waals surface area contributed by atoms with Crippen LogP contribution in [0.2, 0.25) is 0 Å². The average Bonchev–Trinajstić information content (AvgIpc) is 2.68. The van der Waals surface area contributed by atoms with Crippen molar-refractivity contribution in [2.75, 3.05) is 10.7 Å².